The largest absolute Gasteiger partial charge is 0.383 e. The van der Waals surface area contributed by atoms with Gasteiger partial charge in [0, 0.05) is 25.5 Å². The van der Waals surface area contributed by atoms with Crippen LogP contribution in [0.3, 0.4) is 0 Å². The highest BCUT2D eigenvalue weighted by molar-refractivity contribution is 5.94. The number of amides is 1. The number of rotatable bonds is 5. The third-order valence-corrected chi connectivity index (χ3v) is 3.14. The van der Waals surface area contributed by atoms with Crippen molar-refractivity contribution < 1.29 is 9.53 Å². The number of methoxy groups -OCH3 is 1. The molecule has 0 atom stereocenters. The molecule has 19 heavy (non-hydrogen) atoms. The zero-order chi connectivity index (χ0) is 13.8. The van der Waals surface area contributed by atoms with Crippen LogP contribution in [0.5, 0.6) is 0 Å². The van der Waals surface area contributed by atoms with E-state index in [0.29, 0.717) is 18.7 Å². The van der Waals surface area contributed by atoms with E-state index in [0.717, 1.165) is 23.5 Å². The van der Waals surface area contributed by atoms with Crippen LogP contribution in [0.4, 0.5) is 0 Å². The van der Waals surface area contributed by atoms with Gasteiger partial charge in [0.05, 0.1) is 17.9 Å². The highest BCUT2D eigenvalue weighted by Gasteiger charge is 2.10. The summed E-state index contributed by atoms with van der Waals surface area (Å²) in [6.45, 7) is 5.12. The summed E-state index contributed by atoms with van der Waals surface area (Å²) in [5, 5.41) is 2.81. The Kier molecular flexibility index (Phi) is 4.16. The van der Waals surface area contributed by atoms with Crippen molar-refractivity contribution in [1.29, 1.82) is 0 Å². The van der Waals surface area contributed by atoms with Crippen molar-refractivity contribution in [2.45, 2.75) is 20.3 Å². The summed E-state index contributed by atoms with van der Waals surface area (Å²) in [6, 6.07) is 3.67. The normalized spacial score (nSPS) is 10.9. The Morgan fingerprint density at radius 3 is 2.95 bits per heavy atom. The highest BCUT2D eigenvalue weighted by Crippen LogP contribution is 2.13. The number of fused-ring (bicyclic) bond motifs is 1. The Hall–Kier alpha value is -1.88. The third kappa shape index (κ3) is 2.76. The molecule has 1 amide bonds. The fraction of sp³-hybridized carbons (Fsp3) is 0.429. The van der Waals surface area contributed by atoms with E-state index in [1.54, 1.807) is 13.2 Å². The third-order valence-electron chi connectivity index (χ3n) is 3.14. The van der Waals surface area contributed by atoms with Crippen molar-refractivity contribution in [2.24, 2.45) is 0 Å². The second-order valence-corrected chi connectivity index (χ2v) is 4.39. The zero-order valence-corrected chi connectivity index (χ0v) is 11.6. The van der Waals surface area contributed by atoms with Crippen molar-refractivity contribution >= 4 is 11.6 Å². The molecule has 0 aliphatic rings. The minimum absolute atomic E-state index is 0.0925. The van der Waals surface area contributed by atoms with Crippen LogP contribution in [0, 0.1) is 6.92 Å². The molecule has 0 saturated carbocycles. The number of aromatic nitrogens is 2. The second-order valence-electron chi connectivity index (χ2n) is 4.39. The first-order valence-corrected chi connectivity index (χ1v) is 6.42. The molecule has 0 radical (unpaired) electrons. The first-order valence-electron chi connectivity index (χ1n) is 6.42. The number of hydrogen-bond donors (Lipinski definition) is 1. The molecule has 0 aliphatic carbocycles. The summed E-state index contributed by atoms with van der Waals surface area (Å²) in [5.74, 6) is -0.0925. The smallest absolute Gasteiger partial charge is 0.252 e. The molecule has 0 bridgehead atoms. The number of ether oxygens (including phenoxy) is 1. The van der Waals surface area contributed by atoms with Crippen molar-refractivity contribution in [3.8, 4) is 0 Å². The van der Waals surface area contributed by atoms with Crippen LogP contribution in [-0.4, -0.2) is 35.6 Å². The molecule has 0 unspecified atom stereocenters. The van der Waals surface area contributed by atoms with Crippen molar-refractivity contribution in [3.05, 3.63) is 35.3 Å². The summed E-state index contributed by atoms with van der Waals surface area (Å²) in [5.41, 5.74) is 3.66. The number of carbonyl (C=O) groups excluding carboxylic acids is 1. The summed E-state index contributed by atoms with van der Waals surface area (Å²) in [4.78, 5) is 16.5. The number of imidazole rings is 1. The second kappa shape index (κ2) is 5.84. The topological polar surface area (TPSA) is 55.6 Å². The fourth-order valence-corrected chi connectivity index (χ4v) is 2.05. The van der Waals surface area contributed by atoms with E-state index in [1.807, 2.05) is 23.6 Å². The van der Waals surface area contributed by atoms with Crippen LogP contribution in [0.1, 0.15) is 28.7 Å². The Morgan fingerprint density at radius 2 is 2.26 bits per heavy atom. The predicted molar refractivity (Wildman–Crippen MR) is 73.5 cm³/mol. The van der Waals surface area contributed by atoms with Gasteiger partial charge in [0.25, 0.3) is 5.91 Å². The molecule has 0 saturated heterocycles. The van der Waals surface area contributed by atoms with Gasteiger partial charge in [0.2, 0.25) is 0 Å². The van der Waals surface area contributed by atoms with Crippen molar-refractivity contribution in [3.63, 3.8) is 0 Å². The Morgan fingerprint density at radius 1 is 1.47 bits per heavy atom. The van der Waals surface area contributed by atoms with Gasteiger partial charge in [0.1, 0.15) is 5.65 Å². The van der Waals surface area contributed by atoms with E-state index >= 15 is 0 Å². The molecular formula is C14H19N3O2. The van der Waals surface area contributed by atoms with Crippen molar-refractivity contribution in [1.82, 2.24) is 14.7 Å². The van der Waals surface area contributed by atoms with E-state index in [4.69, 9.17) is 4.74 Å². The number of nitrogens with one attached hydrogen (secondary N) is 1. The standard InChI is InChI=1S/C14H19N3O2/c1-4-12-10(2)17-9-11(5-6-13(17)16-12)14(18)15-7-8-19-3/h5-6,9H,4,7-8H2,1-3H3,(H,15,18). The van der Waals surface area contributed by atoms with Gasteiger partial charge in [-0.3, -0.25) is 4.79 Å². The van der Waals surface area contributed by atoms with Gasteiger partial charge in [-0.15, -0.1) is 0 Å². The molecule has 2 rings (SSSR count). The van der Waals surface area contributed by atoms with Crippen molar-refractivity contribution in [2.75, 3.05) is 20.3 Å². The lowest BCUT2D eigenvalue weighted by atomic mass is 10.2. The van der Waals surface area contributed by atoms with Gasteiger partial charge in [-0.2, -0.15) is 0 Å². The molecule has 0 fully saturated rings. The molecule has 0 spiro atoms. The van der Waals surface area contributed by atoms with E-state index in [-0.39, 0.29) is 5.91 Å². The van der Waals surface area contributed by atoms with E-state index in [9.17, 15) is 4.79 Å². The molecule has 2 heterocycles. The minimum atomic E-state index is -0.0925. The molecule has 0 aromatic carbocycles. The maximum absolute atomic E-state index is 12.0. The average molecular weight is 261 g/mol. The van der Waals surface area contributed by atoms with E-state index in [1.165, 1.54) is 0 Å². The van der Waals surface area contributed by atoms with Gasteiger partial charge >= 0.3 is 0 Å². The molecule has 1 N–H and O–H groups in total. The first-order chi connectivity index (χ1) is 9.17. The lowest BCUT2D eigenvalue weighted by Gasteiger charge is -2.05. The Labute approximate surface area is 112 Å². The molecular weight excluding hydrogens is 242 g/mol. The van der Waals surface area contributed by atoms with Gasteiger partial charge < -0.3 is 14.5 Å². The van der Waals surface area contributed by atoms with Crippen LogP contribution < -0.4 is 5.32 Å². The van der Waals surface area contributed by atoms with Crippen LogP contribution >= 0.6 is 0 Å². The fourth-order valence-electron chi connectivity index (χ4n) is 2.05. The molecule has 2 aromatic rings. The zero-order valence-electron chi connectivity index (χ0n) is 11.6. The number of nitrogens with zero attached hydrogens (tertiary/aromatic N) is 2. The van der Waals surface area contributed by atoms with E-state index < -0.39 is 0 Å². The van der Waals surface area contributed by atoms with Crippen LogP contribution in [0.2, 0.25) is 0 Å². The van der Waals surface area contributed by atoms with Crippen LogP contribution in [0.25, 0.3) is 5.65 Å². The lowest BCUT2D eigenvalue weighted by molar-refractivity contribution is 0.0936. The van der Waals surface area contributed by atoms with Gasteiger partial charge in [-0.25, -0.2) is 4.98 Å². The maximum Gasteiger partial charge on any atom is 0.252 e. The van der Waals surface area contributed by atoms with Crippen LogP contribution in [0.15, 0.2) is 18.3 Å². The monoisotopic (exact) mass is 261 g/mol. The SMILES string of the molecule is CCc1nc2ccc(C(=O)NCCOC)cn2c1C. The van der Waals surface area contributed by atoms with Gasteiger partial charge in [-0.05, 0) is 25.5 Å². The Balaban J connectivity index is 2.25. The quantitative estimate of drug-likeness (QED) is 0.831. The number of pyridine rings is 1. The molecule has 5 heteroatoms. The van der Waals surface area contributed by atoms with Gasteiger partial charge in [0.15, 0.2) is 0 Å². The number of carbonyl (C=O) groups is 1. The Bertz CT molecular complexity index is 590. The summed E-state index contributed by atoms with van der Waals surface area (Å²) >= 11 is 0. The number of aryl methyl sites for hydroxylation is 2. The highest BCUT2D eigenvalue weighted by atomic mass is 16.5. The minimum Gasteiger partial charge on any atom is -0.383 e. The average Bonchev–Trinajstić information content (AvgIpc) is 2.75. The molecule has 0 aliphatic heterocycles. The van der Waals surface area contributed by atoms with E-state index in [2.05, 4.69) is 17.2 Å². The van der Waals surface area contributed by atoms with Crippen LogP contribution in [-0.2, 0) is 11.2 Å². The maximum atomic E-state index is 12.0. The summed E-state index contributed by atoms with van der Waals surface area (Å²) in [7, 11) is 1.61. The summed E-state index contributed by atoms with van der Waals surface area (Å²) in [6.07, 6.45) is 2.72. The predicted octanol–water partition coefficient (Wildman–Crippen LogP) is 1.58. The lowest BCUT2D eigenvalue weighted by Crippen LogP contribution is -2.27. The number of hydrogen-bond acceptors (Lipinski definition) is 3. The molecule has 5 nitrogen and oxygen atoms in total. The van der Waals surface area contributed by atoms with Gasteiger partial charge in [-0.1, -0.05) is 6.92 Å². The first kappa shape index (κ1) is 13.5. The molecule has 102 valence electrons. The summed E-state index contributed by atoms with van der Waals surface area (Å²) < 4.78 is 6.87. The molecule has 2 aromatic heterocycles.